The van der Waals surface area contributed by atoms with Crippen LogP contribution in [0.5, 0.6) is 5.75 Å². The van der Waals surface area contributed by atoms with Gasteiger partial charge in [0.1, 0.15) is 10.8 Å². The number of benzene rings is 2. The van der Waals surface area contributed by atoms with E-state index in [4.69, 9.17) is 9.73 Å². The number of fused-ring (bicyclic) bond motifs is 1. The second-order valence-electron chi connectivity index (χ2n) is 10.3. The number of ether oxygens (including phenoxy) is 1. The molecule has 34 heavy (non-hydrogen) atoms. The lowest BCUT2D eigenvalue weighted by Gasteiger charge is -2.33. The van der Waals surface area contributed by atoms with Gasteiger partial charge in [0.25, 0.3) is 5.91 Å². The average Bonchev–Trinajstić information content (AvgIpc) is 3.16. The van der Waals surface area contributed by atoms with Gasteiger partial charge in [0.05, 0.1) is 11.7 Å². The number of carbonyl (C=O) groups excluding carboxylic acids is 1. The molecule has 4 rings (SSSR count). The van der Waals surface area contributed by atoms with Crippen LogP contribution >= 0.6 is 11.3 Å². The van der Waals surface area contributed by atoms with E-state index >= 15 is 0 Å². The molecule has 0 spiro atoms. The van der Waals surface area contributed by atoms with Crippen molar-refractivity contribution < 1.29 is 9.53 Å². The van der Waals surface area contributed by atoms with Crippen molar-refractivity contribution >= 4 is 34.1 Å². The van der Waals surface area contributed by atoms with Gasteiger partial charge < -0.3 is 10.1 Å². The molecule has 1 atom stereocenters. The molecule has 5 heteroatoms. The summed E-state index contributed by atoms with van der Waals surface area (Å²) in [6.45, 7) is 11.0. The summed E-state index contributed by atoms with van der Waals surface area (Å²) in [6.07, 6.45) is 5.00. The molecule has 1 N–H and O–H groups in total. The molecular weight excluding hydrogens is 440 g/mol. The third-order valence-electron chi connectivity index (χ3n) is 6.31. The molecule has 0 radical (unpaired) electrons. The summed E-state index contributed by atoms with van der Waals surface area (Å²) in [6, 6.07) is 17.5. The average molecular weight is 475 g/mol. The van der Waals surface area contributed by atoms with Gasteiger partial charge in [-0.25, -0.2) is 4.99 Å². The number of amides is 1. The predicted octanol–water partition coefficient (Wildman–Crippen LogP) is 7.69. The topological polar surface area (TPSA) is 50.7 Å². The first-order chi connectivity index (χ1) is 16.2. The summed E-state index contributed by atoms with van der Waals surface area (Å²) in [5.74, 6) is 1.37. The molecule has 1 amide bonds. The number of carbonyl (C=O) groups is 1. The first kappa shape index (κ1) is 24.2. The van der Waals surface area contributed by atoms with E-state index in [2.05, 4.69) is 26.1 Å². The monoisotopic (exact) mass is 474 g/mol. The molecule has 2 aromatic carbocycles. The minimum atomic E-state index is -0.0780. The number of aliphatic imine (C=N–C) groups is 1. The molecule has 1 aliphatic rings. The maximum absolute atomic E-state index is 13.4. The third kappa shape index (κ3) is 5.76. The van der Waals surface area contributed by atoms with Gasteiger partial charge in [-0.3, -0.25) is 4.79 Å². The van der Waals surface area contributed by atoms with Gasteiger partial charge in [0, 0.05) is 16.8 Å². The summed E-state index contributed by atoms with van der Waals surface area (Å²) in [5.41, 5.74) is 3.92. The summed E-state index contributed by atoms with van der Waals surface area (Å²) in [4.78, 5) is 19.5. The molecule has 0 saturated heterocycles. The highest BCUT2D eigenvalue weighted by Crippen LogP contribution is 2.45. The van der Waals surface area contributed by atoms with E-state index in [1.165, 1.54) is 10.4 Å². The Kier molecular flexibility index (Phi) is 7.22. The van der Waals surface area contributed by atoms with E-state index in [0.29, 0.717) is 5.92 Å². The maximum atomic E-state index is 13.4. The number of hydrogen-bond acceptors (Lipinski definition) is 4. The molecule has 1 aliphatic carbocycles. The van der Waals surface area contributed by atoms with Crippen LogP contribution in [-0.4, -0.2) is 18.2 Å². The van der Waals surface area contributed by atoms with Crippen LogP contribution in [0, 0.1) is 11.3 Å². The van der Waals surface area contributed by atoms with Crippen molar-refractivity contribution in [1.29, 1.82) is 0 Å². The molecule has 0 fully saturated rings. The van der Waals surface area contributed by atoms with Crippen LogP contribution in [-0.2, 0) is 12.8 Å². The molecule has 0 aliphatic heterocycles. The fourth-order valence-electron chi connectivity index (χ4n) is 4.39. The summed E-state index contributed by atoms with van der Waals surface area (Å²) >= 11 is 1.67. The highest BCUT2D eigenvalue weighted by Gasteiger charge is 2.33. The molecule has 3 aromatic rings. The quantitative estimate of drug-likeness (QED) is 0.372. The van der Waals surface area contributed by atoms with Crippen LogP contribution in [0.15, 0.2) is 59.6 Å². The minimum absolute atomic E-state index is 0.0780. The van der Waals surface area contributed by atoms with Crippen molar-refractivity contribution in [2.45, 2.75) is 60.0 Å². The zero-order valence-corrected chi connectivity index (χ0v) is 21.5. The van der Waals surface area contributed by atoms with E-state index in [1.807, 2.05) is 74.7 Å². The molecule has 1 aromatic heterocycles. The number of hydrogen-bond donors (Lipinski definition) is 1. The van der Waals surface area contributed by atoms with Crippen molar-refractivity contribution in [3.63, 3.8) is 0 Å². The van der Waals surface area contributed by atoms with E-state index in [-0.39, 0.29) is 17.4 Å². The Morgan fingerprint density at radius 3 is 2.47 bits per heavy atom. The highest BCUT2D eigenvalue weighted by atomic mass is 32.1. The third-order valence-corrected chi connectivity index (χ3v) is 7.48. The molecular formula is C29H34N2O2S. The van der Waals surface area contributed by atoms with Gasteiger partial charge in [0.15, 0.2) is 0 Å². The van der Waals surface area contributed by atoms with E-state index in [1.54, 1.807) is 11.3 Å². The van der Waals surface area contributed by atoms with Crippen molar-refractivity contribution in [2.75, 3.05) is 5.32 Å². The molecule has 0 bridgehead atoms. The van der Waals surface area contributed by atoms with Gasteiger partial charge in [-0.15, -0.1) is 11.3 Å². The number of nitrogens with zero attached hydrogens (tertiary/aromatic N) is 1. The van der Waals surface area contributed by atoms with Crippen LogP contribution in [0.1, 0.15) is 67.4 Å². The van der Waals surface area contributed by atoms with E-state index in [0.717, 1.165) is 46.8 Å². The lowest BCUT2D eigenvalue weighted by molar-refractivity contribution is 0.102. The highest BCUT2D eigenvalue weighted by molar-refractivity contribution is 7.16. The van der Waals surface area contributed by atoms with Crippen LogP contribution in [0.3, 0.4) is 0 Å². The largest absolute Gasteiger partial charge is 0.491 e. The minimum Gasteiger partial charge on any atom is -0.491 e. The van der Waals surface area contributed by atoms with Gasteiger partial charge in [-0.1, -0.05) is 39.0 Å². The predicted molar refractivity (Wildman–Crippen MR) is 143 cm³/mol. The van der Waals surface area contributed by atoms with Gasteiger partial charge in [-0.2, -0.15) is 0 Å². The first-order valence-electron chi connectivity index (χ1n) is 12.0. The molecule has 0 unspecified atom stereocenters. The lowest BCUT2D eigenvalue weighted by Crippen LogP contribution is -2.27. The maximum Gasteiger partial charge on any atom is 0.259 e. The standard InChI is InChI=1S/C29H34N2O2S/c1-19(2)33-23-14-11-20(12-15-23)18-30-28-26(27(32)31-22-9-7-6-8-10-22)24-16-13-21(29(3,4)5)17-25(24)34-28/h6-12,14-15,18-19,21H,13,16-17H2,1-5H3,(H,31,32)/t21-/m0/s1. The van der Waals surface area contributed by atoms with Crippen molar-refractivity contribution in [3.05, 3.63) is 76.2 Å². The Balaban J connectivity index is 1.64. The zero-order valence-electron chi connectivity index (χ0n) is 20.7. The summed E-state index contributed by atoms with van der Waals surface area (Å²) in [5, 5.41) is 3.86. The summed E-state index contributed by atoms with van der Waals surface area (Å²) < 4.78 is 5.74. The van der Waals surface area contributed by atoms with Crippen molar-refractivity contribution in [3.8, 4) is 5.75 Å². The SMILES string of the molecule is CC(C)Oc1ccc(C=Nc2sc3c(c2C(=O)Nc2ccccc2)CC[C@H](C(C)(C)C)C3)cc1. The van der Waals surface area contributed by atoms with Gasteiger partial charge in [0.2, 0.25) is 0 Å². The van der Waals surface area contributed by atoms with E-state index in [9.17, 15) is 4.79 Å². The fraction of sp³-hybridized carbons (Fsp3) is 0.379. The number of thiophene rings is 1. The zero-order chi connectivity index (χ0) is 24.3. The van der Waals surface area contributed by atoms with Crippen molar-refractivity contribution in [1.82, 2.24) is 0 Å². The number of nitrogens with one attached hydrogen (secondary N) is 1. The van der Waals surface area contributed by atoms with Crippen LogP contribution < -0.4 is 10.1 Å². The second-order valence-corrected chi connectivity index (χ2v) is 11.4. The molecule has 178 valence electrons. The Morgan fingerprint density at radius 1 is 1.12 bits per heavy atom. The smallest absolute Gasteiger partial charge is 0.259 e. The molecule has 1 heterocycles. The molecule has 0 saturated carbocycles. The summed E-state index contributed by atoms with van der Waals surface area (Å²) in [7, 11) is 0. The van der Waals surface area contributed by atoms with E-state index < -0.39 is 0 Å². The van der Waals surface area contributed by atoms with Crippen LogP contribution in [0.25, 0.3) is 0 Å². The van der Waals surface area contributed by atoms with Crippen LogP contribution in [0.4, 0.5) is 10.7 Å². The first-order valence-corrected chi connectivity index (χ1v) is 12.8. The molecule has 4 nitrogen and oxygen atoms in total. The Bertz CT molecular complexity index is 1160. The normalized spacial score (nSPS) is 16.0. The van der Waals surface area contributed by atoms with Gasteiger partial charge in [-0.05, 0) is 92.0 Å². The van der Waals surface area contributed by atoms with Gasteiger partial charge >= 0.3 is 0 Å². The number of anilines is 1. The second kappa shape index (κ2) is 10.1. The lowest BCUT2D eigenvalue weighted by atomic mass is 9.72. The Morgan fingerprint density at radius 2 is 1.82 bits per heavy atom. The number of rotatable bonds is 6. The fourth-order valence-corrected chi connectivity index (χ4v) is 5.66. The Labute approximate surface area is 207 Å². The van der Waals surface area contributed by atoms with Crippen LogP contribution in [0.2, 0.25) is 0 Å². The Hall–Kier alpha value is -2.92. The van der Waals surface area contributed by atoms with Crippen molar-refractivity contribution in [2.24, 2.45) is 16.3 Å². The number of para-hydroxylation sites is 1.